The highest BCUT2D eigenvalue weighted by atomic mass is 16.2. The van der Waals surface area contributed by atoms with Gasteiger partial charge in [-0.2, -0.15) is 0 Å². The normalized spacial score (nSPS) is 12.0. The molecule has 0 radical (unpaired) electrons. The molecule has 122 valence electrons. The van der Waals surface area contributed by atoms with Gasteiger partial charge in [-0.15, -0.1) is 0 Å². The van der Waals surface area contributed by atoms with Crippen LogP contribution in [0.1, 0.15) is 36.9 Å². The summed E-state index contributed by atoms with van der Waals surface area (Å²) in [5.41, 5.74) is 8.06. The maximum Gasteiger partial charge on any atom is 0.251 e. The number of benzene rings is 1. The summed E-state index contributed by atoms with van der Waals surface area (Å²) in [4.78, 5) is 24.7. The zero-order chi connectivity index (χ0) is 16.8. The molecule has 0 spiro atoms. The molecular formula is C18H23N3O2. The van der Waals surface area contributed by atoms with Crippen molar-refractivity contribution < 1.29 is 4.79 Å². The zero-order valence-electron chi connectivity index (χ0n) is 13.6. The van der Waals surface area contributed by atoms with Gasteiger partial charge in [-0.3, -0.25) is 9.59 Å². The van der Waals surface area contributed by atoms with Crippen molar-refractivity contribution >= 4 is 11.6 Å². The largest absolute Gasteiger partial charge is 0.326 e. The number of carbonyl (C=O) groups excluding carboxylic acids is 1. The molecule has 0 aliphatic rings. The standard InChI is InChI=1S/C18H23N3O2/c1-3-4-16(21-12-13(2)5-10-17(21)22)18(23)20-15-8-6-14(11-19)7-9-15/h5-10,12,16H,3-4,11,19H2,1-2H3,(H,20,23). The van der Waals surface area contributed by atoms with Crippen LogP contribution < -0.4 is 16.6 Å². The molecule has 0 aliphatic carbocycles. The monoisotopic (exact) mass is 313 g/mol. The lowest BCUT2D eigenvalue weighted by molar-refractivity contribution is -0.119. The van der Waals surface area contributed by atoms with Gasteiger partial charge >= 0.3 is 0 Å². The van der Waals surface area contributed by atoms with Crippen molar-refractivity contribution in [1.29, 1.82) is 0 Å². The Hall–Kier alpha value is -2.40. The quantitative estimate of drug-likeness (QED) is 0.860. The fourth-order valence-corrected chi connectivity index (χ4v) is 2.48. The summed E-state index contributed by atoms with van der Waals surface area (Å²) in [7, 11) is 0. The van der Waals surface area contributed by atoms with Crippen LogP contribution in [0.5, 0.6) is 0 Å². The number of hydrogen-bond donors (Lipinski definition) is 2. The van der Waals surface area contributed by atoms with Gasteiger partial charge in [0, 0.05) is 24.5 Å². The molecule has 0 bridgehead atoms. The number of hydrogen-bond acceptors (Lipinski definition) is 3. The number of aromatic nitrogens is 1. The maximum atomic E-state index is 12.6. The van der Waals surface area contributed by atoms with Crippen LogP contribution >= 0.6 is 0 Å². The third-order valence-electron chi connectivity index (χ3n) is 3.74. The van der Waals surface area contributed by atoms with Crippen LogP contribution in [0.2, 0.25) is 0 Å². The van der Waals surface area contributed by atoms with Gasteiger partial charge in [0.2, 0.25) is 5.91 Å². The minimum absolute atomic E-state index is 0.164. The average molecular weight is 313 g/mol. The molecule has 3 N–H and O–H groups in total. The second-order valence-electron chi connectivity index (χ2n) is 5.65. The fraction of sp³-hybridized carbons (Fsp3) is 0.333. The predicted octanol–water partition coefficient (Wildman–Crippen LogP) is 2.60. The van der Waals surface area contributed by atoms with E-state index in [2.05, 4.69) is 5.32 Å². The number of nitrogens with one attached hydrogen (secondary N) is 1. The third-order valence-corrected chi connectivity index (χ3v) is 3.74. The first-order chi connectivity index (χ1) is 11.0. The Morgan fingerprint density at radius 2 is 1.91 bits per heavy atom. The van der Waals surface area contributed by atoms with E-state index in [4.69, 9.17) is 5.73 Å². The number of amides is 1. The number of carbonyl (C=O) groups is 1. The smallest absolute Gasteiger partial charge is 0.251 e. The van der Waals surface area contributed by atoms with Crippen LogP contribution in [0.3, 0.4) is 0 Å². The maximum absolute atomic E-state index is 12.6. The summed E-state index contributed by atoms with van der Waals surface area (Å²) in [6.07, 6.45) is 3.15. The van der Waals surface area contributed by atoms with Crippen molar-refractivity contribution in [3.05, 3.63) is 64.1 Å². The summed E-state index contributed by atoms with van der Waals surface area (Å²) in [5.74, 6) is -0.181. The van der Waals surface area contributed by atoms with E-state index in [0.717, 1.165) is 17.5 Å². The molecule has 0 aliphatic heterocycles. The van der Waals surface area contributed by atoms with Crippen LogP contribution in [0.25, 0.3) is 0 Å². The number of rotatable bonds is 6. The van der Waals surface area contributed by atoms with E-state index in [1.54, 1.807) is 12.3 Å². The second-order valence-corrected chi connectivity index (χ2v) is 5.65. The average Bonchev–Trinajstić information content (AvgIpc) is 2.55. The second kappa shape index (κ2) is 7.74. The first kappa shape index (κ1) is 17.0. The first-order valence-corrected chi connectivity index (χ1v) is 7.83. The van der Waals surface area contributed by atoms with Gasteiger partial charge in [-0.25, -0.2) is 0 Å². The molecular weight excluding hydrogens is 290 g/mol. The molecule has 1 amide bonds. The molecule has 1 aromatic heterocycles. The fourth-order valence-electron chi connectivity index (χ4n) is 2.48. The Labute approximate surface area is 136 Å². The summed E-state index contributed by atoms with van der Waals surface area (Å²) in [6.45, 7) is 4.37. The van der Waals surface area contributed by atoms with E-state index >= 15 is 0 Å². The summed E-state index contributed by atoms with van der Waals surface area (Å²) < 4.78 is 1.52. The Balaban J connectivity index is 2.24. The Morgan fingerprint density at radius 1 is 1.22 bits per heavy atom. The van der Waals surface area contributed by atoms with Crippen LogP contribution in [0, 0.1) is 6.92 Å². The van der Waals surface area contributed by atoms with Gasteiger partial charge in [0.05, 0.1) is 0 Å². The van der Waals surface area contributed by atoms with Crippen molar-refractivity contribution in [1.82, 2.24) is 4.57 Å². The van der Waals surface area contributed by atoms with Crippen molar-refractivity contribution in [3.8, 4) is 0 Å². The van der Waals surface area contributed by atoms with E-state index in [1.165, 1.54) is 10.6 Å². The Morgan fingerprint density at radius 3 is 2.52 bits per heavy atom. The van der Waals surface area contributed by atoms with Crippen molar-refractivity contribution in [2.45, 2.75) is 39.3 Å². The highest BCUT2D eigenvalue weighted by Gasteiger charge is 2.20. The van der Waals surface area contributed by atoms with Crippen LogP contribution in [-0.2, 0) is 11.3 Å². The number of anilines is 1. The molecule has 2 rings (SSSR count). The van der Waals surface area contributed by atoms with Crippen LogP contribution in [0.4, 0.5) is 5.69 Å². The van der Waals surface area contributed by atoms with Crippen LogP contribution in [-0.4, -0.2) is 10.5 Å². The Bertz CT molecular complexity index is 720. The van der Waals surface area contributed by atoms with Gasteiger partial charge in [0.25, 0.3) is 5.56 Å². The predicted molar refractivity (Wildman–Crippen MR) is 92.3 cm³/mol. The van der Waals surface area contributed by atoms with Crippen molar-refractivity contribution in [2.24, 2.45) is 5.73 Å². The highest BCUT2D eigenvalue weighted by molar-refractivity contribution is 5.93. The molecule has 1 atom stereocenters. The van der Waals surface area contributed by atoms with Gasteiger partial charge in [-0.1, -0.05) is 31.5 Å². The lowest BCUT2D eigenvalue weighted by Gasteiger charge is -2.19. The topological polar surface area (TPSA) is 77.1 Å². The molecule has 1 heterocycles. The van der Waals surface area contributed by atoms with E-state index < -0.39 is 6.04 Å². The van der Waals surface area contributed by atoms with Gasteiger partial charge in [0.15, 0.2) is 0 Å². The Kier molecular flexibility index (Phi) is 5.71. The zero-order valence-corrected chi connectivity index (χ0v) is 13.6. The molecule has 0 fully saturated rings. The molecule has 1 unspecified atom stereocenters. The molecule has 1 aromatic carbocycles. The minimum atomic E-state index is -0.512. The lowest BCUT2D eigenvalue weighted by atomic mass is 10.1. The molecule has 0 saturated carbocycles. The SMILES string of the molecule is CCCC(C(=O)Nc1ccc(CN)cc1)n1cc(C)ccc1=O. The molecule has 23 heavy (non-hydrogen) atoms. The van der Waals surface area contributed by atoms with Gasteiger partial charge < -0.3 is 15.6 Å². The van der Waals surface area contributed by atoms with E-state index in [-0.39, 0.29) is 11.5 Å². The summed E-state index contributed by atoms with van der Waals surface area (Å²) in [6, 6.07) is 10.1. The lowest BCUT2D eigenvalue weighted by Crippen LogP contribution is -2.32. The molecule has 0 saturated heterocycles. The van der Waals surface area contributed by atoms with E-state index in [1.807, 2.05) is 38.1 Å². The molecule has 5 heteroatoms. The van der Waals surface area contributed by atoms with Crippen LogP contribution in [0.15, 0.2) is 47.4 Å². The first-order valence-electron chi connectivity index (χ1n) is 7.83. The minimum Gasteiger partial charge on any atom is -0.326 e. The summed E-state index contributed by atoms with van der Waals surface area (Å²) >= 11 is 0. The van der Waals surface area contributed by atoms with E-state index in [0.29, 0.717) is 18.7 Å². The number of nitrogens with zero attached hydrogens (tertiary/aromatic N) is 1. The number of nitrogens with two attached hydrogens (primary N) is 1. The van der Waals surface area contributed by atoms with Crippen molar-refractivity contribution in [2.75, 3.05) is 5.32 Å². The van der Waals surface area contributed by atoms with Crippen molar-refractivity contribution in [3.63, 3.8) is 0 Å². The number of pyridine rings is 1. The van der Waals surface area contributed by atoms with Gasteiger partial charge in [-0.05, 0) is 36.6 Å². The highest BCUT2D eigenvalue weighted by Crippen LogP contribution is 2.17. The van der Waals surface area contributed by atoms with E-state index in [9.17, 15) is 9.59 Å². The number of aryl methyl sites for hydroxylation is 1. The van der Waals surface area contributed by atoms with Gasteiger partial charge in [0.1, 0.15) is 6.04 Å². The third kappa shape index (κ3) is 4.29. The summed E-state index contributed by atoms with van der Waals surface area (Å²) in [5, 5.41) is 2.88. The molecule has 2 aromatic rings. The molecule has 5 nitrogen and oxygen atoms in total.